The van der Waals surface area contributed by atoms with E-state index in [2.05, 4.69) is 79.7 Å². The van der Waals surface area contributed by atoms with Gasteiger partial charge in [0.15, 0.2) is 0 Å². The van der Waals surface area contributed by atoms with Gasteiger partial charge < -0.3 is 0 Å². The van der Waals surface area contributed by atoms with Crippen LogP contribution in [0.3, 0.4) is 0 Å². The van der Waals surface area contributed by atoms with E-state index < -0.39 is 16.3 Å². The van der Waals surface area contributed by atoms with Crippen molar-refractivity contribution in [2.75, 3.05) is 0 Å². The van der Waals surface area contributed by atoms with Gasteiger partial charge in [-0.2, -0.15) is 5.10 Å². The predicted molar refractivity (Wildman–Crippen MR) is 84.2 cm³/mol. The van der Waals surface area contributed by atoms with Gasteiger partial charge in [0.25, 0.3) is 0 Å². The molecule has 0 fully saturated rings. The summed E-state index contributed by atoms with van der Waals surface area (Å²) in [5.74, 6) is 0. The molecule has 0 saturated carbocycles. The summed E-state index contributed by atoms with van der Waals surface area (Å²) in [6, 6.07) is 13.0. The molecule has 0 aliphatic rings. The lowest BCUT2D eigenvalue weighted by atomic mass is 10.4. The van der Waals surface area contributed by atoms with Gasteiger partial charge in [0, 0.05) is 11.5 Å². The van der Waals surface area contributed by atoms with Crippen LogP contribution in [0.5, 0.6) is 0 Å². The average Bonchev–Trinajstić information content (AvgIpc) is 2.79. The van der Waals surface area contributed by atoms with Gasteiger partial charge in [-0.25, -0.2) is 0 Å². The van der Waals surface area contributed by atoms with E-state index in [-0.39, 0.29) is 0 Å². The summed E-state index contributed by atoms with van der Waals surface area (Å²) < 4.78 is 2.23. The van der Waals surface area contributed by atoms with E-state index >= 15 is 0 Å². The summed E-state index contributed by atoms with van der Waals surface area (Å²) in [5, 5.41) is 7.60. The summed E-state index contributed by atoms with van der Waals surface area (Å²) in [7, 11) is -2.99. The Balaban J connectivity index is 2.40. The summed E-state index contributed by atoms with van der Waals surface area (Å²) >= 11 is 0. The molecular weight excluding hydrogens is 252 g/mol. The molecule has 2 aromatic rings. The van der Waals surface area contributed by atoms with Crippen molar-refractivity contribution in [2.24, 2.45) is 0 Å². The highest BCUT2D eigenvalue weighted by molar-refractivity contribution is 6.89. The lowest BCUT2D eigenvalue weighted by molar-refractivity contribution is 0.952. The molecule has 0 amide bonds. The molecule has 18 heavy (non-hydrogen) atoms. The Kier molecular flexibility index (Phi) is 3.34. The molecule has 0 atom stereocenters. The normalized spacial score (nSPS) is 12.7. The van der Waals surface area contributed by atoms with Gasteiger partial charge in [-0.15, -0.1) is 0 Å². The van der Waals surface area contributed by atoms with E-state index in [1.807, 2.05) is 0 Å². The summed E-state index contributed by atoms with van der Waals surface area (Å²) in [6.45, 7) is 11.7. The van der Waals surface area contributed by atoms with Crippen molar-refractivity contribution in [3.63, 3.8) is 0 Å². The van der Waals surface area contributed by atoms with Crippen LogP contribution >= 0.6 is 0 Å². The minimum Gasteiger partial charge on any atom is -0.297 e. The average molecular weight is 275 g/mol. The van der Waals surface area contributed by atoms with Crippen molar-refractivity contribution in [3.05, 3.63) is 42.6 Å². The molecule has 0 N–H and O–H groups in total. The van der Waals surface area contributed by atoms with Gasteiger partial charge in [0.2, 0.25) is 8.24 Å². The first kappa shape index (κ1) is 13.3. The highest BCUT2D eigenvalue weighted by Gasteiger charge is 2.29. The molecular formula is C14H22N2Si2. The van der Waals surface area contributed by atoms with Gasteiger partial charge in [0.05, 0.1) is 0 Å². The zero-order valence-corrected chi connectivity index (χ0v) is 13.9. The first-order valence-electron chi connectivity index (χ1n) is 6.44. The minimum atomic E-state index is -1.69. The second kappa shape index (κ2) is 4.51. The first-order chi connectivity index (χ1) is 8.32. The Morgan fingerprint density at radius 1 is 0.889 bits per heavy atom. The predicted octanol–water partition coefficient (Wildman–Crippen LogP) is 2.39. The number of benzene rings is 1. The number of nitrogens with zero attached hydrogens (tertiary/aromatic N) is 2. The monoisotopic (exact) mass is 274 g/mol. The lowest BCUT2D eigenvalue weighted by Gasteiger charge is -2.23. The van der Waals surface area contributed by atoms with Crippen LogP contribution in [0.4, 0.5) is 0 Å². The standard InChI is InChI=1S/C14H22N2Si2/c1-17(2,3)14-11-12-16(15-14)18(4,5)13-9-7-6-8-10-13/h6-12H,1-5H3. The van der Waals surface area contributed by atoms with Crippen LogP contribution in [-0.2, 0) is 0 Å². The molecule has 1 heterocycles. The van der Waals surface area contributed by atoms with E-state index in [1.54, 1.807) is 0 Å². The van der Waals surface area contributed by atoms with Crippen molar-refractivity contribution >= 4 is 26.8 Å². The molecule has 1 aromatic carbocycles. The maximum Gasteiger partial charge on any atom is 0.209 e. The number of hydrogen-bond donors (Lipinski definition) is 0. The SMILES string of the molecule is C[Si](C)(C)c1ccn([Si](C)(C)c2ccccc2)n1. The van der Waals surface area contributed by atoms with Crippen molar-refractivity contribution in [3.8, 4) is 0 Å². The topological polar surface area (TPSA) is 17.8 Å². The molecule has 4 heteroatoms. The zero-order chi connectivity index (χ0) is 13.4. The van der Waals surface area contributed by atoms with Gasteiger partial charge in [-0.05, 0) is 24.3 Å². The number of hydrogen-bond acceptors (Lipinski definition) is 1. The third-order valence-corrected chi connectivity index (χ3v) is 8.35. The van der Waals surface area contributed by atoms with E-state index in [0.29, 0.717) is 0 Å². The van der Waals surface area contributed by atoms with Crippen LogP contribution in [0.25, 0.3) is 0 Å². The molecule has 0 aliphatic carbocycles. The third-order valence-electron chi connectivity index (χ3n) is 3.41. The van der Waals surface area contributed by atoms with Crippen molar-refractivity contribution < 1.29 is 0 Å². The summed E-state index contributed by atoms with van der Waals surface area (Å²) in [4.78, 5) is 0. The van der Waals surface area contributed by atoms with Gasteiger partial charge >= 0.3 is 0 Å². The first-order valence-corrected chi connectivity index (χ1v) is 12.9. The van der Waals surface area contributed by atoms with Crippen molar-refractivity contribution in [1.29, 1.82) is 0 Å². The van der Waals surface area contributed by atoms with Gasteiger partial charge in [0.1, 0.15) is 8.07 Å². The fraction of sp³-hybridized carbons (Fsp3) is 0.357. The molecule has 2 nitrogen and oxygen atoms in total. The largest absolute Gasteiger partial charge is 0.297 e. The Labute approximate surface area is 112 Å². The molecule has 0 radical (unpaired) electrons. The maximum absolute atomic E-state index is 4.87. The van der Waals surface area contributed by atoms with Gasteiger partial charge in [-0.3, -0.25) is 4.35 Å². The molecule has 96 valence electrons. The second-order valence-electron chi connectivity index (χ2n) is 6.32. The highest BCUT2D eigenvalue weighted by atomic mass is 28.3. The van der Waals surface area contributed by atoms with E-state index in [9.17, 15) is 0 Å². The molecule has 0 aliphatic heterocycles. The molecule has 0 unspecified atom stereocenters. The van der Waals surface area contributed by atoms with Crippen LogP contribution in [0.2, 0.25) is 32.7 Å². The summed E-state index contributed by atoms with van der Waals surface area (Å²) in [6.07, 6.45) is 2.17. The molecule has 2 rings (SSSR count). The van der Waals surface area contributed by atoms with E-state index in [0.717, 1.165) is 0 Å². The molecule has 0 saturated heterocycles. The van der Waals surface area contributed by atoms with Crippen molar-refractivity contribution in [1.82, 2.24) is 9.45 Å². The van der Waals surface area contributed by atoms with Crippen LogP contribution in [0.1, 0.15) is 0 Å². The van der Waals surface area contributed by atoms with E-state index in [1.165, 1.54) is 10.5 Å². The lowest BCUT2D eigenvalue weighted by Crippen LogP contribution is -2.51. The quantitative estimate of drug-likeness (QED) is 0.786. The smallest absolute Gasteiger partial charge is 0.209 e. The highest BCUT2D eigenvalue weighted by Crippen LogP contribution is 2.07. The van der Waals surface area contributed by atoms with Crippen LogP contribution in [0, 0.1) is 0 Å². The van der Waals surface area contributed by atoms with Crippen LogP contribution in [0.15, 0.2) is 42.6 Å². The Hall–Kier alpha value is -1.14. The number of aromatic nitrogens is 2. The fourth-order valence-electron chi connectivity index (χ4n) is 2.01. The second-order valence-corrected chi connectivity index (χ2v) is 15.5. The van der Waals surface area contributed by atoms with Gasteiger partial charge in [-0.1, -0.05) is 50.0 Å². The third kappa shape index (κ3) is 2.49. The zero-order valence-electron chi connectivity index (χ0n) is 11.9. The Bertz CT molecular complexity index is 524. The fourth-order valence-corrected chi connectivity index (χ4v) is 5.17. The maximum atomic E-state index is 4.87. The summed E-state index contributed by atoms with van der Waals surface area (Å²) in [5.41, 5.74) is 0. The van der Waals surface area contributed by atoms with Crippen molar-refractivity contribution in [2.45, 2.75) is 32.7 Å². The minimum absolute atomic E-state index is 1.30. The molecule has 1 aromatic heterocycles. The number of rotatable bonds is 3. The molecule has 0 spiro atoms. The Morgan fingerprint density at radius 2 is 1.50 bits per heavy atom. The molecule has 0 bridgehead atoms. The van der Waals surface area contributed by atoms with Crippen LogP contribution in [-0.4, -0.2) is 25.8 Å². The van der Waals surface area contributed by atoms with E-state index in [4.69, 9.17) is 5.10 Å². The van der Waals surface area contributed by atoms with Crippen LogP contribution < -0.4 is 10.5 Å². The Morgan fingerprint density at radius 3 is 2.00 bits per heavy atom.